The van der Waals surface area contributed by atoms with E-state index in [1.54, 1.807) is 35.2 Å². The molecule has 1 N–H and O–H groups in total. The Hall–Kier alpha value is -3.76. The number of carbonyl (C=O) groups is 2. The van der Waals surface area contributed by atoms with Crippen molar-refractivity contribution >= 4 is 33.2 Å². The number of benzene rings is 3. The molecule has 2 fully saturated rings. The van der Waals surface area contributed by atoms with Crippen LogP contribution in [0.1, 0.15) is 32.0 Å². The second-order valence-electron chi connectivity index (χ2n) is 10.2. The number of likely N-dealkylation sites (tertiary alicyclic amines) is 2. The highest BCUT2D eigenvalue weighted by atomic mass is 32.1. The minimum absolute atomic E-state index is 0.0111. The number of nitrogens with one attached hydrogen (secondary N) is 1. The van der Waals surface area contributed by atoms with Gasteiger partial charge in [0.05, 0.1) is 5.56 Å². The molecule has 40 heavy (non-hydrogen) atoms. The van der Waals surface area contributed by atoms with Crippen molar-refractivity contribution in [2.24, 2.45) is 0 Å². The van der Waals surface area contributed by atoms with E-state index in [9.17, 15) is 22.8 Å². The molecule has 3 aromatic carbocycles. The third-order valence-electron chi connectivity index (χ3n) is 7.51. The summed E-state index contributed by atoms with van der Waals surface area (Å²) in [6.07, 6.45) is -3.59. The van der Waals surface area contributed by atoms with E-state index in [1.807, 2.05) is 23.1 Å². The van der Waals surface area contributed by atoms with Crippen LogP contribution in [0.2, 0.25) is 0 Å². The van der Waals surface area contributed by atoms with Crippen molar-refractivity contribution in [3.63, 3.8) is 0 Å². The van der Waals surface area contributed by atoms with Crippen LogP contribution < -0.4 is 5.32 Å². The molecular formula is C30H25F4N3O2S. The summed E-state index contributed by atoms with van der Waals surface area (Å²) in [5, 5.41) is 3.83. The maximum absolute atomic E-state index is 15.2. The zero-order valence-corrected chi connectivity index (χ0v) is 22.1. The average molecular weight is 568 g/mol. The molecule has 1 atom stereocenters. The van der Waals surface area contributed by atoms with Crippen molar-refractivity contribution in [1.82, 2.24) is 15.1 Å². The summed E-state index contributed by atoms with van der Waals surface area (Å²) in [7, 11) is 0. The summed E-state index contributed by atoms with van der Waals surface area (Å²) in [4.78, 5) is 29.2. The molecule has 0 unspecified atom stereocenters. The predicted octanol–water partition coefficient (Wildman–Crippen LogP) is 6.05. The maximum Gasteiger partial charge on any atom is 0.416 e. The van der Waals surface area contributed by atoms with Crippen LogP contribution in [0.4, 0.5) is 17.6 Å². The van der Waals surface area contributed by atoms with Crippen molar-refractivity contribution in [2.45, 2.75) is 24.7 Å². The van der Waals surface area contributed by atoms with Crippen LogP contribution in [0.15, 0.2) is 72.8 Å². The summed E-state index contributed by atoms with van der Waals surface area (Å²) in [5.41, 5.74) is 1.15. The number of alkyl halides is 3. The number of hydrogen-bond acceptors (Lipinski definition) is 4. The molecule has 2 amide bonds. The quantitative estimate of drug-likeness (QED) is 0.299. The van der Waals surface area contributed by atoms with Gasteiger partial charge in [-0.3, -0.25) is 9.59 Å². The molecular weight excluding hydrogens is 542 g/mol. The summed E-state index contributed by atoms with van der Waals surface area (Å²) in [5.74, 6) is -0.941. The number of halogens is 4. The number of thiophene rings is 1. The third-order valence-corrected chi connectivity index (χ3v) is 8.62. The van der Waals surface area contributed by atoms with E-state index in [0.717, 1.165) is 29.9 Å². The van der Waals surface area contributed by atoms with Crippen LogP contribution in [-0.2, 0) is 6.18 Å². The Kier molecular flexibility index (Phi) is 6.83. The number of fused-ring (bicyclic) bond motifs is 1. The lowest BCUT2D eigenvalue weighted by atomic mass is 10.0. The van der Waals surface area contributed by atoms with Crippen molar-refractivity contribution < 1.29 is 27.2 Å². The molecule has 0 aliphatic carbocycles. The van der Waals surface area contributed by atoms with Gasteiger partial charge in [-0.15, -0.1) is 11.3 Å². The fourth-order valence-electron chi connectivity index (χ4n) is 5.30. The molecule has 4 aromatic rings. The first-order valence-electron chi connectivity index (χ1n) is 13.0. The summed E-state index contributed by atoms with van der Waals surface area (Å²) in [6, 6.07) is 19.1. The molecule has 0 radical (unpaired) electrons. The number of rotatable bonds is 5. The Labute approximate surface area is 232 Å². The second kappa shape index (κ2) is 10.3. The highest BCUT2D eigenvalue weighted by Gasteiger charge is 2.37. The fourth-order valence-corrected chi connectivity index (χ4v) is 6.39. The van der Waals surface area contributed by atoms with Gasteiger partial charge in [-0.05, 0) is 53.9 Å². The van der Waals surface area contributed by atoms with E-state index in [-0.39, 0.29) is 28.8 Å². The molecule has 0 bridgehead atoms. The molecule has 2 saturated heterocycles. The SMILES string of the molecule is O=C(c1ccccc1)N1CC[C@H](NC2CN(C(=O)c3sc4cc(-c5ccc(C(F)(F)F)cc5)ccc4c3F)C2)C1. The second-order valence-corrected chi connectivity index (χ2v) is 11.3. The molecule has 10 heteroatoms. The number of amides is 2. The molecule has 0 spiro atoms. The van der Waals surface area contributed by atoms with Crippen molar-refractivity contribution in [3.05, 3.63) is 94.6 Å². The first-order valence-corrected chi connectivity index (χ1v) is 13.8. The standard InChI is InChI=1S/C30H25F4N3O2S/c31-26-24-11-8-20(18-6-9-21(10-7-18)30(32,33)34)14-25(24)40-27(26)29(39)37-16-23(17-37)35-22-12-13-36(15-22)28(38)19-4-2-1-3-5-19/h1-11,14,22-23,35H,12-13,15-17H2/t22-/m0/s1. The minimum atomic E-state index is -4.42. The molecule has 2 aliphatic heterocycles. The van der Waals surface area contributed by atoms with Crippen molar-refractivity contribution in [1.29, 1.82) is 0 Å². The smallest absolute Gasteiger partial charge is 0.337 e. The molecule has 0 saturated carbocycles. The van der Waals surface area contributed by atoms with Gasteiger partial charge in [-0.2, -0.15) is 13.2 Å². The first kappa shape index (κ1) is 26.5. The largest absolute Gasteiger partial charge is 0.416 e. The van der Waals surface area contributed by atoms with Gasteiger partial charge >= 0.3 is 6.18 Å². The van der Waals surface area contributed by atoms with Crippen LogP contribution in [-0.4, -0.2) is 59.9 Å². The summed E-state index contributed by atoms with van der Waals surface area (Å²) >= 11 is 1.05. The van der Waals surface area contributed by atoms with Crippen molar-refractivity contribution in [3.8, 4) is 11.1 Å². The Morgan fingerprint density at radius 2 is 1.50 bits per heavy atom. The maximum atomic E-state index is 15.2. The van der Waals surface area contributed by atoms with Crippen LogP contribution >= 0.6 is 11.3 Å². The Bertz CT molecular complexity index is 1560. The Morgan fingerprint density at radius 3 is 2.20 bits per heavy atom. The van der Waals surface area contributed by atoms with E-state index < -0.39 is 17.6 Å². The van der Waals surface area contributed by atoms with E-state index in [4.69, 9.17) is 0 Å². The van der Waals surface area contributed by atoms with E-state index in [0.29, 0.717) is 53.0 Å². The van der Waals surface area contributed by atoms with Crippen LogP contribution in [0, 0.1) is 5.82 Å². The minimum Gasteiger partial charge on any atom is -0.337 e. The molecule has 3 heterocycles. The van der Waals surface area contributed by atoms with E-state index in [1.165, 1.54) is 12.1 Å². The summed E-state index contributed by atoms with van der Waals surface area (Å²) in [6.45, 7) is 2.17. The van der Waals surface area contributed by atoms with Gasteiger partial charge in [-0.25, -0.2) is 4.39 Å². The topological polar surface area (TPSA) is 52.7 Å². The number of carbonyl (C=O) groups excluding carboxylic acids is 2. The van der Waals surface area contributed by atoms with Crippen molar-refractivity contribution in [2.75, 3.05) is 26.2 Å². The van der Waals surface area contributed by atoms with Gasteiger partial charge in [0, 0.05) is 53.9 Å². The number of nitrogens with zero attached hydrogens (tertiary/aromatic N) is 2. The van der Waals surface area contributed by atoms with E-state index in [2.05, 4.69) is 5.32 Å². The van der Waals surface area contributed by atoms with Crippen LogP contribution in [0.25, 0.3) is 21.2 Å². The summed E-state index contributed by atoms with van der Waals surface area (Å²) < 4.78 is 54.4. The lowest BCUT2D eigenvalue weighted by Gasteiger charge is -2.40. The first-order chi connectivity index (χ1) is 19.2. The Balaban J connectivity index is 1.07. The number of hydrogen-bond donors (Lipinski definition) is 1. The predicted molar refractivity (Wildman–Crippen MR) is 146 cm³/mol. The zero-order valence-electron chi connectivity index (χ0n) is 21.2. The highest BCUT2D eigenvalue weighted by Crippen LogP contribution is 2.36. The van der Waals surface area contributed by atoms with Gasteiger partial charge in [0.25, 0.3) is 11.8 Å². The van der Waals surface area contributed by atoms with Gasteiger partial charge in [-0.1, -0.05) is 36.4 Å². The molecule has 6 rings (SSSR count). The highest BCUT2D eigenvalue weighted by molar-refractivity contribution is 7.20. The molecule has 5 nitrogen and oxygen atoms in total. The molecule has 2 aliphatic rings. The van der Waals surface area contributed by atoms with Gasteiger partial charge < -0.3 is 15.1 Å². The van der Waals surface area contributed by atoms with Crippen LogP contribution in [0.5, 0.6) is 0 Å². The fraction of sp³-hybridized carbons (Fsp3) is 0.267. The molecule has 1 aromatic heterocycles. The van der Waals surface area contributed by atoms with Gasteiger partial charge in [0.1, 0.15) is 4.88 Å². The lowest BCUT2D eigenvalue weighted by molar-refractivity contribution is -0.137. The van der Waals surface area contributed by atoms with Gasteiger partial charge in [0.15, 0.2) is 5.82 Å². The third kappa shape index (κ3) is 5.09. The monoisotopic (exact) mass is 567 g/mol. The normalized spacial score (nSPS) is 17.9. The zero-order chi connectivity index (χ0) is 28.0. The van der Waals surface area contributed by atoms with E-state index >= 15 is 4.39 Å². The van der Waals surface area contributed by atoms with Crippen LogP contribution in [0.3, 0.4) is 0 Å². The Morgan fingerprint density at radius 1 is 0.825 bits per heavy atom. The van der Waals surface area contributed by atoms with Gasteiger partial charge in [0.2, 0.25) is 0 Å². The lowest BCUT2D eigenvalue weighted by Crippen LogP contribution is -2.62. The molecule has 206 valence electrons. The average Bonchev–Trinajstić information content (AvgIpc) is 3.54.